The van der Waals surface area contributed by atoms with Crippen LogP contribution in [0.25, 0.3) is 0 Å². The van der Waals surface area contributed by atoms with Crippen LogP contribution in [-0.4, -0.2) is 59.3 Å². The molecule has 0 radical (unpaired) electrons. The SMILES string of the molecule is O=C(O)c1cc(F)c(F)c(S(=O)(=O)N2C[C@@H](O)[C@@H](O)C2)c1. The van der Waals surface area contributed by atoms with Gasteiger partial charge in [-0.15, -0.1) is 0 Å². The lowest BCUT2D eigenvalue weighted by Gasteiger charge is -2.16. The number of carboxylic acids is 1. The van der Waals surface area contributed by atoms with Gasteiger partial charge in [-0.2, -0.15) is 4.31 Å². The molecule has 1 aliphatic heterocycles. The van der Waals surface area contributed by atoms with Crippen molar-refractivity contribution in [1.29, 1.82) is 0 Å². The number of hydrogen-bond donors (Lipinski definition) is 3. The van der Waals surface area contributed by atoms with Crippen molar-refractivity contribution in [3.8, 4) is 0 Å². The fraction of sp³-hybridized carbons (Fsp3) is 0.364. The van der Waals surface area contributed by atoms with Gasteiger partial charge < -0.3 is 15.3 Å². The molecule has 1 aromatic rings. The van der Waals surface area contributed by atoms with E-state index in [4.69, 9.17) is 5.11 Å². The molecular weight excluding hydrogens is 312 g/mol. The van der Waals surface area contributed by atoms with Crippen LogP contribution in [0.2, 0.25) is 0 Å². The van der Waals surface area contributed by atoms with Gasteiger partial charge >= 0.3 is 5.97 Å². The highest BCUT2D eigenvalue weighted by molar-refractivity contribution is 7.89. The second-order valence-electron chi connectivity index (χ2n) is 4.53. The number of benzene rings is 1. The summed E-state index contributed by atoms with van der Waals surface area (Å²) in [6, 6.07) is 0.859. The number of aliphatic hydroxyl groups is 2. The summed E-state index contributed by atoms with van der Waals surface area (Å²) in [5.41, 5.74) is -0.729. The quantitative estimate of drug-likeness (QED) is 0.683. The Morgan fingerprint density at radius 2 is 1.71 bits per heavy atom. The summed E-state index contributed by atoms with van der Waals surface area (Å²) in [7, 11) is -4.58. The third kappa shape index (κ3) is 2.75. The number of aromatic carboxylic acids is 1. The summed E-state index contributed by atoms with van der Waals surface area (Å²) in [5.74, 6) is -4.95. The zero-order chi connectivity index (χ0) is 15.9. The van der Waals surface area contributed by atoms with Gasteiger partial charge in [-0.05, 0) is 12.1 Å². The van der Waals surface area contributed by atoms with Crippen molar-refractivity contribution < 1.29 is 37.3 Å². The Hall–Kier alpha value is -1.62. The van der Waals surface area contributed by atoms with Crippen LogP contribution in [0.4, 0.5) is 8.78 Å². The smallest absolute Gasteiger partial charge is 0.335 e. The van der Waals surface area contributed by atoms with Crippen LogP contribution in [0.3, 0.4) is 0 Å². The number of carboxylic acid groups (broad SMARTS) is 1. The molecule has 3 N–H and O–H groups in total. The lowest BCUT2D eigenvalue weighted by molar-refractivity contribution is 0.0572. The monoisotopic (exact) mass is 323 g/mol. The fourth-order valence-electron chi connectivity index (χ4n) is 1.95. The Morgan fingerprint density at radius 1 is 1.19 bits per heavy atom. The molecule has 0 spiro atoms. The Kier molecular flexibility index (Phi) is 3.97. The van der Waals surface area contributed by atoms with Crippen molar-refractivity contribution in [3.05, 3.63) is 29.3 Å². The maximum atomic E-state index is 13.7. The lowest BCUT2D eigenvalue weighted by atomic mass is 10.2. The van der Waals surface area contributed by atoms with Crippen LogP contribution in [0.15, 0.2) is 17.0 Å². The van der Waals surface area contributed by atoms with E-state index in [1.54, 1.807) is 0 Å². The maximum absolute atomic E-state index is 13.7. The molecule has 21 heavy (non-hydrogen) atoms. The molecule has 0 aromatic heterocycles. The first-order chi connectivity index (χ1) is 9.64. The fourth-order valence-corrected chi connectivity index (χ4v) is 3.52. The largest absolute Gasteiger partial charge is 0.478 e. The van der Waals surface area contributed by atoms with Gasteiger partial charge in [0.1, 0.15) is 4.90 Å². The molecule has 1 aromatic carbocycles. The maximum Gasteiger partial charge on any atom is 0.335 e. The van der Waals surface area contributed by atoms with E-state index in [0.29, 0.717) is 16.4 Å². The topological polar surface area (TPSA) is 115 Å². The van der Waals surface area contributed by atoms with E-state index < -0.39 is 63.4 Å². The summed E-state index contributed by atoms with van der Waals surface area (Å²) in [4.78, 5) is 9.64. The Morgan fingerprint density at radius 3 is 2.19 bits per heavy atom. The summed E-state index contributed by atoms with van der Waals surface area (Å²) in [5, 5.41) is 27.4. The van der Waals surface area contributed by atoms with Crippen molar-refractivity contribution in [2.45, 2.75) is 17.1 Å². The molecule has 116 valence electrons. The van der Waals surface area contributed by atoms with Gasteiger partial charge in [0.2, 0.25) is 10.0 Å². The molecule has 1 saturated heterocycles. The molecule has 1 heterocycles. The predicted octanol–water partition coefficient (Wildman–Crippen LogP) is -0.611. The van der Waals surface area contributed by atoms with E-state index >= 15 is 0 Å². The van der Waals surface area contributed by atoms with Crippen LogP contribution < -0.4 is 0 Å². The number of hydrogen-bond acceptors (Lipinski definition) is 5. The van der Waals surface area contributed by atoms with Gasteiger partial charge in [-0.3, -0.25) is 0 Å². The van der Waals surface area contributed by atoms with Gasteiger partial charge in [0, 0.05) is 13.1 Å². The third-order valence-corrected chi connectivity index (χ3v) is 4.92. The molecule has 2 atom stereocenters. The van der Waals surface area contributed by atoms with E-state index in [1.165, 1.54) is 0 Å². The van der Waals surface area contributed by atoms with Crippen LogP contribution in [-0.2, 0) is 10.0 Å². The molecule has 1 fully saturated rings. The minimum Gasteiger partial charge on any atom is -0.478 e. The van der Waals surface area contributed by atoms with Gasteiger partial charge in [-0.25, -0.2) is 22.0 Å². The Labute approximate surface area is 118 Å². The molecule has 10 heteroatoms. The van der Waals surface area contributed by atoms with Gasteiger partial charge in [-0.1, -0.05) is 0 Å². The highest BCUT2D eigenvalue weighted by Crippen LogP contribution is 2.26. The van der Waals surface area contributed by atoms with Crippen LogP contribution in [0, 0.1) is 11.6 Å². The Bertz CT molecular complexity index is 682. The van der Waals surface area contributed by atoms with Crippen LogP contribution >= 0.6 is 0 Å². The lowest BCUT2D eigenvalue weighted by Crippen LogP contribution is -2.31. The first-order valence-electron chi connectivity index (χ1n) is 5.73. The van der Waals surface area contributed by atoms with Gasteiger partial charge in [0.25, 0.3) is 0 Å². The van der Waals surface area contributed by atoms with E-state index in [9.17, 15) is 32.2 Å². The second-order valence-corrected chi connectivity index (χ2v) is 6.44. The number of aliphatic hydroxyl groups excluding tert-OH is 2. The number of sulfonamides is 1. The molecule has 0 amide bonds. The number of β-amino-alcohol motifs (C(OH)–C–C–N with tert-alkyl or cyclic N) is 2. The summed E-state index contributed by atoms with van der Waals surface area (Å²) < 4.78 is 52.0. The minimum atomic E-state index is -4.58. The van der Waals surface area contributed by atoms with Gasteiger partial charge in [0.05, 0.1) is 17.8 Å². The number of carbonyl (C=O) groups is 1. The van der Waals surface area contributed by atoms with Crippen molar-refractivity contribution in [1.82, 2.24) is 4.31 Å². The zero-order valence-corrected chi connectivity index (χ0v) is 11.2. The first-order valence-corrected chi connectivity index (χ1v) is 7.17. The third-order valence-electron chi connectivity index (χ3n) is 3.09. The van der Waals surface area contributed by atoms with E-state index in [1.807, 2.05) is 0 Å². The average Bonchev–Trinajstić information content (AvgIpc) is 2.73. The molecule has 0 saturated carbocycles. The van der Waals surface area contributed by atoms with Crippen molar-refractivity contribution in [2.75, 3.05) is 13.1 Å². The Balaban J connectivity index is 2.52. The van der Waals surface area contributed by atoms with Crippen LogP contribution in [0.5, 0.6) is 0 Å². The molecule has 0 unspecified atom stereocenters. The molecular formula is C11H11F2NO6S. The van der Waals surface area contributed by atoms with Crippen molar-refractivity contribution >= 4 is 16.0 Å². The minimum absolute atomic E-state index is 0.365. The normalized spacial score (nSPS) is 23.4. The number of rotatable bonds is 3. The molecule has 0 bridgehead atoms. The summed E-state index contributed by atoms with van der Waals surface area (Å²) in [6.07, 6.45) is -2.70. The van der Waals surface area contributed by atoms with Crippen molar-refractivity contribution in [2.24, 2.45) is 0 Å². The second kappa shape index (κ2) is 5.30. The standard InChI is InChI=1S/C11H11F2NO6S/c12-6-1-5(11(17)18)2-9(10(6)13)21(19,20)14-3-7(15)8(16)4-14/h1-2,7-8,15-16H,3-4H2,(H,17,18)/t7-,8+. The van der Waals surface area contributed by atoms with Crippen molar-refractivity contribution in [3.63, 3.8) is 0 Å². The zero-order valence-electron chi connectivity index (χ0n) is 10.4. The van der Waals surface area contributed by atoms with E-state index in [0.717, 1.165) is 0 Å². The molecule has 7 nitrogen and oxygen atoms in total. The number of halogens is 2. The summed E-state index contributed by atoms with van der Waals surface area (Å²) >= 11 is 0. The van der Waals surface area contributed by atoms with E-state index in [2.05, 4.69) is 0 Å². The molecule has 2 rings (SSSR count). The first kappa shape index (κ1) is 15.8. The van der Waals surface area contributed by atoms with E-state index in [-0.39, 0.29) is 0 Å². The molecule has 0 aliphatic carbocycles. The highest BCUT2D eigenvalue weighted by Gasteiger charge is 2.39. The number of nitrogens with zero attached hydrogens (tertiary/aromatic N) is 1. The summed E-state index contributed by atoms with van der Waals surface area (Å²) in [6.45, 7) is -0.996. The highest BCUT2D eigenvalue weighted by atomic mass is 32.2. The predicted molar refractivity (Wildman–Crippen MR) is 64.1 cm³/mol. The molecule has 1 aliphatic rings. The van der Waals surface area contributed by atoms with Gasteiger partial charge in [0.15, 0.2) is 11.6 Å². The average molecular weight is 323 g/mol. The van der Waals surface area contributed by atoms with Crippen LogP contribution in [0.1, 0.15) is 10.4 Å².